The van der Waals surface area contributed by atoms with Crippen LogP contribution in [-0.4, -0.2) is 23.6 Å². The third-order valence-electron chi connectivity index (χ3n) is 3.54. The lowest BCUT2D eigenvalue weighted by molar-refractivity contribution is 0.434. The second kappa shape index (κ2) is 5.69. The molecule has 100 valence electrons. The molecule has 2 aromatic rings. The van der Waals surface area contributed by atoms with E-state index in [1.165, 1.54) is 17.7 Å². The minimum absolute atomic E-state index is 0.725. The Morgan fingerprint density at radius 3 is 3.11 bits per heavy atom. The largest absolute Gasteiger partial charge is 0.319 e. The van der Waals surface area contributed by atoms with Crippen LogP contribution < -0.4 is 5.32 Å². The van der Waals surface area contributed by atoms with Crippen molar-refractivity contribution >= 4 is 27.3 Å². The topological polar surface area (TPSA) is 37.8 Å². The highest BCUT2D eigenvalue weighted by molar-refractivity contribution is 9.11. The fraction of sp³-hybridized carbons (Fsp3) is 0.429. The third kappa shape index (κ3) is 2.88. The molecule has 0 saturated carbocycles. The van der Waals surface area contributed by atoms with Crippen LogP contribution in [0.5, 0.6) is 0 Å². The smallest absolute Gasteiger partial charge is 0.169 e. The molecule has 1 aliphatic carbocycles. The molecule has 0 radical (unpaired) electrons. The maximum absolute atomic E-state index is 4.75. The molecule has 0 aromatic carbocycles. The first-order chi connectivity index (χ1) is 9.26. The van der Waals surface area contributed by atoms with Gasteiger partial charge in [0.1, 0.15) is 0 Å². The summed E-state index contributed by atoms with van der Waals surface area (Å²) < 4.78 is 1.12. The zero-order valence-corrected chi connectivity index (χ0v) is 13.2. The Bertz CT molecular complexity index is 582. The van der Waals surface area contributed by atoms with Gasteiger partial charge in [-0.05, 0) is 72.4 Å². The summed E-state index contributed by atoms with van der Waals surface area (Å²) in [5.74, 6) is 1.59. The van der Waals surface area contributed by atoms with Crippen LogP contribution in [0.15, 0.2) is 22.1 Å². The molecule has 0 spiro atoms. The molecule has 0 saturated heterocycles. The minimum Gasteiger partial charge on any atom is -0.319 e. The zero-order chi connectivity index (χ0) is 13.2. The van der Waals surface area contributed by atoms with Crippen molar-refractivity contribution in [3.05, 3.63) is 33.4 Å². The molecule has 0 fully saturated rings. The Kier molecular flexibility index (Phi) is 3.96. The van der Waals surface area contributed by atoms with E-state index in [-0.39, 0.29) is 0 Å². The summed E-state index contributed by atoms with van der Waals surface area (Å²) in [6.45, 7) is 1.08. The van der Waals surface area contributed by atoms with Gasteiger partial charge in [-0.3, -0.25) is 0 Å². The van der Waals surface area contributed by atoms with Gasteiger partial charge in [0, 0.05) is 11.9 Å². The van der Waals surface area contributed by atoms with E-state index >= 15 is 0 Å². The predicted octanol–water partition coefficient (Wildman–Crippen LogP) is 3.29. The number of halogens is 1. The molecule has 2 aromatic heterocycles. The van der Waals surface area contributed by atoms with Gasteiger partial charge >= 0.3 is 0 Å². The zero-order valence-electron chi connectivity index (χ0n) is 10.8. The Labute approximate surface area is 125 Å². The van der Waals surface area contributed by atoms with Gasteiger partial charge in [0.05, 0.1) is 8.66 Å². The molecule has 3 nitrogen and oxygen atoms in total. The lowest BCUT2D eigenvalue weighted by Gasteiger charge is -2.23. The average Bonchev–Trinajstić information content (AvgIpc) is 2.85. The van der Waals surface area contributed by atoms with Crippen LogP contribution in [0, 0.1) is 5.92 Å². The highest BCUT2D eigenvalue weighted by atomic mass is 79.9. The van der Waals surface area contributed by atoms with Crippen LogP contribution in [0.3, 0.4) is 0 Å². The SMILES string of the molecule is CNCC1CCc2nc(-c3ccc(Br)s3)ncc2C1. The second-order valence-electron chi connectivity index (χ2n) is 4.94. The van der Waals surface area contributed by atoms with E-state index in [0.29, 0.717) is 0 Å². The highest BCUT2D eigenvalue weighted by Gasteiger charge is 2.20. The van der Waals surface area contributed by atoms with E-state index in [2.05, 4.69) is 32.3 Å². The number of hydrogen-bond acceptors (Lipinski definition) is 4. The lowest BCUT2D eigenvalue weighted by atomic mass is 9.87. The molecule has 1 atom stereocenters. The van der Waals surface area contributed by atoms with Gasteiger partial charge in [-0.15, -0.1) is 11.3 Å². The molecule has 1 N–H and O–H groups in total. The van der Waals surface area contributed by atoms with Crippen LogP contribution in [0.25, 0.3) is 10.7 Å². The van der Waals surface area contributed by atoms with E-state index in [1.807, 2.05) is 19.3 Å². The van der Waals surface area contributed by atoms with Crippen molar-refractivity contribution in [2.75, 3.05) is 13.6 Å². The molecular formula is C14H16BrN3S. The molecule has 2 heterocycles. The highest BCUT2D eigenvalue weighted by Crippen LogP contribution is 2.31. The summed E-state index contributed by atoms with van der Waals surface area (Å²) in [5.41, 5.74) is 2.56. The van der Waals surface area contributed by atoms with Gasteiger partial charge in [0.25, 0.3) is 0 Å². The van der Waals surface area contributed by atoms with Crippen molar-refractivity contribution in [2.45, 2.75) is 19.3 Å². The summed E-state index contributed by atoms with van der Waals surface area (Å²) in [5, 5.41) is 3.26. The first kappa shape index (κ1) is 13.2. The molecule has 0 bridgehead atoms. The summed E-state index contributed by atoms with van der Waals surface area (Å²) in [6.07, 6.45) is 5.42. The summed E-state index contributed by atoms with van der Waals surface area (Å²) in [4.78, 5) is 10.4. The van der Waals surface area contributed by atoms with Gasteiger partial charge in [-0.25, -0.2) is 9.97 Å². The van der Waals surface area contributed by atoms with E-state index in [9.17, 15) is 0 Å². The van der Waals surface area contributed by atoms with E-state index in [4.69, 9.17) is 4.98 Å². The van der Waals surface area contributed by atoms with E-state index in [0.717, 1.165) is 39.8 Å². The van der Waals surface area contributed by atoms with Crippen LogP contribution >= 0.6 is 27.3 Å². The van der Waals surface area contributed by atoms with Gasteiger partial charge in [0.2, 0.25) is 0 Å². The molecule has 1 aliphatic rings. The Balaban J connectivity index is 1.85. The molecule has 0 aliphatic heterocycles. The van der Waals surface area contributed by atoms with Gasteiger partial charge in [-0.1, -0.05) is 0 Å². The maximum atomic E-state index is 4.75. The average molecular weight is 338 g/mol. The number of fused-ring (bicyclic) bond motifs is 1. The Morgan fingerprint density at radius 2 is 2.37 bits per heavy atom. The molecule has 3 rings (SSSR count). The standard InChI is InChI=1S/C14H16BrN3S/c1-16-7-9-2-3-11-10(6-9)8-17-14(18-11)12-4-5-13(15)19-12/h4-5,8-9,16H,2-3,6-7H2,1H3. The Morgan fingerprint density at radius 1 is 1.47 bits per heavy atom. The summed E-state index contributed by atoms with van der Waals surface area (Å²) >= 11 is 5.17. The van der Waals surface area contributed by atoms with E-state index < -0.39 is 0 Å². The van der Waals surface area contributed by atoms with Gasteiger partial charge in [0.15, 0.2) is 5.82 Å². The van der Waals surface area contributed by atoms with Gasteiger partial charge in [-0.2, -0.15) is 0 Å². The first-order valence-corrected chi connectivity index (χ1v) is 8.12. The number of rotatable bonds is 3. The van der Waals surface area contributed by atoms with Crippen molar-refractivity contribution in [1.29, 1.82) is 0 Å². The van der Waals surface area contributed by atoms with Crippen molar-refractivity contribution in [3.63, 3.8) is 0 Å². The second-order valence-corrected chi connectivity index (χ2v) is 7.40. The minimum atomic E-state index is 0.725. The number of nitrogens with zero attached hydrogens (tertiary/aromatic N) is 2. The third-order valence-corrected chi connectivity index (χ3v) is 5.16. The van der Waals surface area contributed by atoms with Crippen LogP contribution in [-0.2, 0) is 12.8 Å². The first-order valence-electron chi connectivity index (χ1n) is 6.51. The monoisotopic (exact) mass is 337 g/mol. The Hall–Kier alpha value is -0.780. The number of aryl methyl sites for hydroxylation is 1. The lowest BCUT2D eigenvalue weighted by Crippen LogP contribution is -2.25. The number of hydrogen-bond donors (Lipinski definition) is 1. The van der Waals surface area contributed by atoms with Crippen LogP contribution in [0.4, 0.5) is 0 Å². The maximum Gasteiger partial charge on any atom is 0.169 e. The number of nitrogens with one attached hydrogen (secondary N) is 1. The number of thiophene rings is 1. The fourth-order valence-electron chi connectivity index (χ4n) is 2.60. The molecule has 19 heavy (non-hydrogen) atoms. The summed E-state index contributed by atoms with van der Waals surface area (Å²) in [6, 6.07) is 4.12. The van der Waals surface area contributed by atoms with E-state index in [1.54, 1.807) is 11.3 Å². The number of aromatic nitrogens is 2. The molecule has 0 amide bonds. The van der Waals surface area contributed by atoms with Crippen LogP contribution in [0.1, 0.15) is 17.7 Å². The fourth-order valence-corrected chi connectivity index (χ4v) is 3.93. The normalized spacial score (nSPS) is 18.3. The molecular weight excluding hydrogens is 322 g/mol. The van der Waals surface area contributed by atoms with Crippen molar-refractivity contribution in [1.82, 2.24) is 15.3 Å². The van der Waals surface area contributed by atoms with Gasteiger partial charge < -0.3 is 5.32 Å². The van der Waals surface area contributed by atoms with Crippen molar-refractivity contribution in [3.8, 4) is 10.7 Å². The van der Waals surface area contributed by atoms with Crippen molar-refractivity contribution < 1.29 is 0 Å². The quantitative estimate of drug-likeness (QED) is 0.933. The van der Waals surface area contributed by atoms with Crippen LogP contribution in [0.2, 0.25) is 0 Å². The molecule has 1 unspecified atom stereocenters. The predicted molar refractivity (Wildman–Crippen MR) is 82.5 cm³/mol. The molecule has 5 heteroatoms. The van der Waals surface area contributed by atoms with Crippen molar-refractivity contribution in [2.24, 2.45) is 5.92 Å². The summed E-state index contributed by atoms with van der Waals surface area (Å²) in [7, 11) is 2.02.